The van der Waals surface area contributed by atoms with Crippen molar-refractivity contribution in [3.8, 4) is 0 Å². The maximum atomic E-state index is 12.3. The van der Waals surface area contributed by atoms with E-state index in [1.165, 1.54) is 0 Å². The van der Waals surface area contributed by atoms with Gasteiger partial charge in [0.05, 0.1) is 17.0 Å². The van der Waals surface area contributed by atoms with Gasteiger partial charge >= 0.3 is 0 Å². The number of rotatable bonds is 1. The van der Waals surface area contributed by atoms with Gasteiger partial charge in [0.15, 0.2) is 0 Å². The molecule has 1 aromatic rings. The van der Waals surface area contributed by atoms with Crippen LogP contribution in [0.1, 0.15) is 34.6 Å². The van der Waals surface area contributed by atoms with Crippen LogP contribution in [0, 0.1) is 13.8 Å². The molecule has 0 bridgehead atoms. The highest BCUT2D eigenvalue weighted by Gasteiger charge is 2.23. The molecule has 92 valence electrons. The summed E-state index contributed by atoms with van der Waals surface area (Å²) in [5.41, 5.74) is 7.98. The van der Waals surface area contributed by atoms with Crippen LogP contribution in [0.3, 0.4) is 0 Å². The lowest BCUT2D eigenvalue weighted by atomic mass is 10.0. The minimum absolute atomic E-state index is 0.0238. The fourth-order valence-corrected chi connectivity index (χ4v) is 2.13. The number of nitrogens with zero attached hydrogens (tertiary/aromatic N) is 3. The molecule has 0 aliphatic carbocycles. The van der Waals surface area contributed by atoms with E-state index < -0.39 is 0 Å². The van der Waals surface area contributed by atoms with Crippen LogP contribution in [0.25, 0.3) is 0 Å². The Balaban J connectivity index is 2.21. The second kappa shape index (κ2) is 4.79. The van der Waals surface area contributed by atoms with Crippen molar-refractivity contribution in [2.75, 3.05) is 13.1 Å². The Morgan fingerprint density at radius 1 is 1.47 bits per heavy atom. The van der Waals surface area contributed by atoms with Crippen LogP contribution < -0.4 is 5.73 Å². The topological polar surface area (TPSA) is 72.1 Å². The van der Waals surface area contributed by atoms with Crippen LogP contribution in [-0.4, -0.2) is 40.1 Å². The van der Waals surface area contributed by atoms with E-state index in [1.807, 2.05) is 18.7 Å². The minimum atomic E-state index is 0.0238. The average molecular weight is 234 g/mol. The van der Waals surface area contributed by atoms with Crippen molar-refractivity contribution in [2.24, 2.45) is 5.73 Å². The van der Waals surface area contributed by atoms with Crippen LogP contribution in [0.2, 0.25) is 0 Å². The highest BCUT2D eigenvalue weighted by atomic mass is 16.2. The Bertz CT molecular complexity index is 433. The summed E-state index contributed by atoms with van der Waals surface area (Å²) in [6.45, 7) is 5.07. The van der Waals surface area contributed by atoms with Gasteiger partial charge in [0.2, 0.25) is 0 Å². The number of carbonyl (C=O) groups excluding carboxylic acids is 1. The zero-order chi connectivity index (χ0) is 12.4. The first-order valence-corrected chi connectivity index (χ1v) is 5.93. The second-order valence-electron chi connectivity index (χ2n) is 4.64. The summed E-state index contributed by atoms with van der Waals surface area (Å²) < 4.78 is 0. The van der Waals surface area contributed by atoms with E-state index in [-0.39, 0.29) is 11.9 Å². The molecule has 17 heavy (non-hydrogen) atoms. The maximum Gasteiger partial charge on any atom is 0.255 e. The molecule has 0 unspecified atom stereocenters. The molecule has 5 nitrogen and oxygen atoms in total. The third kappa shape index (κ3) is 2.61. The fourth-order valence-electron chi connectivity index (χ4n) is 2.13. The number of hydrogen-bond donors (Lipinski definition) is 1. The first-order chi connectivity index (χ1) is 8.08. The molecule has 1 amide bonds. The van der Waals surface area contributed by atoms with Gasteiger partial charge in [-0.2, -0.15) is 10.2 Å². The van der Waals surface area contributed by atoms with Crippen LogP contribution in [0.5, 0.6) is 0 Å². The third-order valence-corrected chi connectivity index (χ3v) is 3.08. The molecule has 1 aliphatic heterocycles. The average Bonchev–Trinajstić information content (AvgIpc) is 2.31. The Labute approximate surface area is 101 Å². The number of piperidine rings is 1. The maximum absolute atomic E-state index is 12.3. The summed E-state index contributed by atoms with van der Waals surface area (Å²) in [4.78, 5) is 14.1. The molecule has 1 saturated heterocycles. The first kappa shape index (κ1) is 12.0. The summed E-state index contributed by atoms with van der Waals surface area (Å²) in [6.07, 6.45) is 1.97. The second-order valence-corrected chi connectivity index (χ2v) is 4.64. The van der Waals surface area contributed by atoms with Gasteiger partial charge in [-0.1, -0.05) is 0 Å². The van der Waals surface area contributed by atoms with Crippen LogP contribution in [0.15, 0.2) is 6.07 Å². The third-order valence-electron chi connectivity index (χ3n) is 3.08. The largest absolute Gasteiger partial charge is 0.337 e. The molecule has 2 heterocycles. The summed E-state index contributed by atoms with van der Waals surface area (Å²) in [6, 6.07) is 1.90. The summed E-state index contributed by atoms with van der Waals surface area (Å²) in [5, 5.41) is 7.92. The van der Waals surface area contributed by atoms with Crippen molar-refractivity contribution in [3.63, 3.8) is 0 Å². The molecule has 0 spiro atoms. The van der Waals surface area contributed by atoms with E-state index in [1.54, 1.807) is 6.07 Å². The number of aryl methyl sites for hydroxylation is 2. The number of amides is 1. The van der Waals surface area contributed by atoms with Crippen molar-refractivity contribution in [1.82, 2.24) is 15.1 Å². The number of carbonyl (C=O) groups is 1. The lowest BCUT2D eigenvalue weighted by Gasteiger charge is -2.31. The first-order valence-electron chi connectivity index (χ1n) is 5.93. The van der Waals surface area contributed by atoms with Gasteiger partial charge in [0.25, 0.3) is 5.91 Å². The highest BCUT2D eigenvalue weighted by Crippen LogP contribution is 2.14. The summed E-state index contributed by atoms with van der Waals surface area (Å²) in [5.74, 6) is 0.0238. The van der Waals surface area contributed by atoms with E-state index in [2.05, 4.69) is 10.2 Å². The molecular weight excluding hydrogens is 216 g/mol. The zero-order valence-electron chi connectivity index (χ0n) is 10.3. The molecule has 2 N–H and O–H groups in total. The van der Waals surface area contributed by atoms with Crippen molar-refractivity contribution in [3.05, 3.63) is 23.0 Å². The molecule has 1 aliphatic rings. The SMILES string of the molecule is Cc1cc(C(=O)N2CCC[C@@H](N)C2)c(C)nn1. The Kier molecular flexibility index (Phi) is 3.38. The molecule has 1 aromatic heterocycles. The Morgan fingerprint density at radius 3 is 2.94 bits per heavy atom. The van der Waals surface area contributed by atoms with Gasteiger partial charge in [-0.25, -0.2) is 0 Å². The van der Waals surface area contributed by atoms with Crippen molar-refractivity contribution < 1.29 is 4.79 Å². The van der Waals surface area contributed by atoms with E-state index in [9.17, 15) is 4.79 Å². The molecule has 0 aromatic carbocycles. The fraction of sp³-hybridized carbons (Fsp3) is 0.583. The number of nitrogens with two attached hydrogens (primary N) is 1. The molecule has 0 radical (unpaired) electrons. The zero-order valence-corrected chi connectivity index (χ0v) is 10.3. The Morgan fingerprint density at radius 2 is 2.24 bits per heavy atom. The van der Waals surface area contributed by atoms with E-state index in [4.69, 9.17) is 5.73 Å². The molecular formula is C12H18N4O. The smallest absolute Gasteiger partial charge is 0.255 e. The normalized spacial score (nSPS) is 20.4. The number of aromatic nitrogens is 2. The molecule has 1 fully saturated rings. The highest BCUT2D eigenvalue weighted by molar-refractivity contribution is 5.95. The Hall–Kier alpha value is -1.49. The summed E-state index contributed by atoms with van der Waals surface area (Å²) >= 11 is 0. The molecule has 2 rings (SSSR count). The van der Waals surface area contributed by atoms with E-state index in [0.717, 1.165) is 25.1 Å². The standard InChI is InChI=1S/C12H18N4O/c1-8-6-11(9(2)15-14-8)12(17)16-5-3-4-10(13)7-16/h6,10H,3-5,7,13H2,1-2H3/t10-/m1/s1. The predicted octanol–water partition coefficient (Wildman–Crippen LogP) is 0.657. The van der Waals surface area contributed by atoms with Crippen molar-refractivity contribution in [1.29, 1.82) is 0 Å². The number of likely N-dealkylation sites (tertiary alicyclic amines) is 1. The van der Waals surface area contributed by atoms with Crippen molar-refractivity contribution in [2.45, 2.75) is 32.7 Å². The van der Waals surface area contributed by atoms with Gasteiger partial charge < -0.3 is 10.6 Å². The molecule has 1 atom stereocenters. The monoisotopic (exact) mass is 234 g/mol. The van der Waals surface area contributed by atoms with E-state index >= 15 is 0 Å². The summed E-state index contributed by atoms with van der Waals surface area (Å²) in [7, 11) is 0. The van der Waals surface area contributed by atoms with Gasteiger partial charge in [-0.3, -0.25) is 4.79 Å². The van der Waals surface area contributed by atoms with Gasteiger partial charge in [0, 0.05) is 19.1 Å². The van der Waals surface area contributed by atoms with Gasteiger partial charge in [-0.15, -0.1) is 0 Å². The number of hydrogen-bond acceptors (Lipinski definition) is 4. The van der Waals surface area contributed by atoms with Crippen LogP contribution >= 0.6 is 0 Å². The quantitative estimate of drug-likeness (QED) is 0.774. The molecule has 5 heteroatoms. The van der Waals surface area contributed by atoms with E-state index in [0.29, 0.717) is 17.8 Å². The van der Waals surface area contributed by atoms with Gasteiger partial charge in [0.1, 0.15) is 0 Å². The molecule has 0 saturated carbocycles. The van der Waals surface area contributed by atoms with Crippen molar-refractivity contribution >= 4 is 5.91 Å². The minimum Gasteiger partial charge on any atom is -0.337 e. The van der Waals surface area contributed by atoms with Crippen LogP contribution in [-0.2, 0) is 0 Å². The van der Waals surface area contributed by atoms with Crippen LogP contribution in [0.4, 0.5) is 0 Å². The van der Waals surface area contributed by atoms with Gasteiger partial charge in [-0.05, 0) is 32.8 Å². The predicted molar refractivity (Wildman–Crippen MR) is 64.6 cm³/mol. The lowest BCUT2D eigenvalue weighted by Crippen LogP contribution is -2.45. The lowest BCUT2D eigenvalue weighted by molar-refractivity contribution is 0.0707.